The highest BCUT2D eigenvalue weighted by Gasteiger charge is 2.11. The molecule has 3 nitrogen and oxygen atoms in total. The molecule has 0 fully saturated rings. The van der Waals surface area contributed by atoms with E-state index in [1.807, 2.05) is 0 Å². The van der Waals surface area contributed by atoms with Crippen LogP contribution < -0.4 is 5.32 Å². The molecule has 0 aromatic rings. The lowest BCUT2D eigenvalue weighted by molar-refractivity contribution is -0.114. The summed E-state index contributed by atoms with van der Waals surface area (Å²) in [5, 5.41) is 2.65. The van der Waals surface area contributed by atoms with Gasteiger partial charge in [-0.25, -0.2) is 0 Å². The predicted octanol–water partition coefficient (Wildman–Crippen LogP) is -0.199. The molecule has 0 radical (unpaired) electrons. The molecule has 0 spiro atoms. The molecule has 1 aliphatic carbocycles. The van der Waals surface area contributed by atoms with E-state index in [1.165, 1.54) is 18.2 Å². The molecule has 12 heavy (non-hydrogen) atoms. The molecule has 0 bridgehead atoms. The molecule has 1 rings (SSSR count). The Hall–Kier alpha value is -1.82. The van der Waals surface area contributed by atoms with Gasteiger partial charge in [-0.3, -0.25) is 9.59 Å². The summed E-state index contributed by atoms with van der Waals surface area (Å²) in [4.78, 5) is 21.8. The van der Waals surface area contributed by atoms with E-state index in [-0.39, 0.29) is 23.8 Å². The number of ketones is 2. The van der Waals surface area contributed by atoms with Crippen LogP contribution in [-0.2, 0) is 9.59 Å². The van der Waals surface area contributed by atoms with E-state index >= 15 is 0 Å². The summed E-state index contributed by atoms with van der Waals surface area (Å²) >= 11 is 0. The minimum atomic E-state index is -0.218. The fourth-order valence-electron chi connectivity index (χ4n) is 0.794. The van der Waals surface area contributed by atoms with Gasteiger partial charge in [0.05, 0.1) is 12.2 Å². The van der Waals surface area contributed by atoms with Crippen LogP contribution in [0.3, 0.4) is 0 Å². The van der Waals surface area contributed by atoms with Crippen molar-refractivity contribution in [3.8, 4) is 12.3 Å². The molecule has 0 atom stereocenters. The monoisotopic (exact) mass is 161 g/mol. The number of nitrogens with one attached hydrogen (secondary N) is 1. The zero-order chi connectivity index (χ0) is 8.97. The maximum absolute atomic E-state index is 11.0. The second kappa shape index (κ2) is 3.54. The van der Waals surface area contributed by atoms with E-state index in [0.29, 0.717) is 0 Å². The smallest absolute Gasteiger partial charge is 0.201 e. The summed E-state index contributed by atoms with van der Waals surface area (Å²) in [5.41, 5.74) is 0.264. The van der Waals surface area contributed by atoms with Crippen molar-refractivity contribution >= 4 is 11.6 Å². The molecule has 0 aromatic heterocycles. The maximum Gasteiger partial charge on any atom is 0.201 e. The molecule has 1 N–H and O–H groups in total. The van der Waals surface area contributed by atoms with Gasteiger partial charge in [0, 0.05) is 6.08 Å². The molecule has 0 unspecified atom stereocenters. The standard InChI is InChI=1S/C9H7NO2/c1-2-5-10-8-6-7(11)3-4-9(8)12/h1,3-4,6,10H,5H2. The molecular weight excluding hydrogens is 154 g/mol. The van der Waals surface area contributed by atoms with Gasteiger partial charge in [0.1, 0.15) is 0 Å². The molecule has 0 heterocycles. The summed E-state index contributed by atoms with van der Waals surface area (Å²) in [6, 6.07) is 0. The fraction of sp³-hybridized carbons (Fsp3) is 0.111. The van der Waals surface area contributed by atoms with E-state index in [0.717, 1.165) is 0 Å². The molecule has 1 aliphatic rings. The average molecular weight is 161 g/mol. The Kier molecular flexibility index (Phi) is 2.44. The Bertz CT molecular complexity index is 318. The van der Waals surface area contributed by atoms with Crippen LogP contribution in [0.4, 0.5) is 0 Å². The van der Waals surface area contributed by atoms with E-state index in [1.54, 1.807) is 0 Å². The second-order valence-corrected chi connectivity index (χ2v) is 2.22. The summed E-state index contributed by atoms with van der Waals surface area (Å²) in [6.07, 6.45) is 8.66. The van der Waals surface area contributed by atoms with Gasteiger partial charge in [0.2, 0.25) is 5.78 Å². The summed E-state index contributed by atoms with van der Waals surface area (Å²) in [6.45, 7) is 0.249. The summed E-state index contributed by atoms with van der Waals surface area (Å²) in [7, 11) is 0. The highest BCUT2D eigenvalue weighted by atomic mass is 16.1. The van der Waals surface area contributed by atoms with Gasteiger partial charge in [0.15, 0.2) is 5.78 Å². The first-order valence-corrected chi connectivity index (χ1v) is 3.39. The average Bonchev–Trinajstić information content (AvgIpc) is 2.07. The summed E-state index contributed by atoms with van der Waals surface area (Å²) in [5.74, 6) is 1.89. The first-order valence-electron chi connectivity index (χ1n) is 3.39. The fourth-order valence-corrected chi connectivity index (χ4v) is 0.794. The van der Waals surface area contributed by atoms with Crippen molar-refractivity contribution in [3.05, 3.63) is 23.9 Å². The molecule has 60 valence electrons. The van der Waals surface area contributed by atoms with Crippen molar-refractivity contribution in [2.75, 3.05) is 6.54 Å². The molecule has 0 saturated carbocycles. The highest BCUT2D eigenvalue weighted by molar-refractivity contribution is 6.16. The van der Waals surface area contributed by atoms with Gasteiger partial charge in [-0.05, 0) is 12.2 Å². The van der Waals surface area contributed by atoms with Crippen molar-refractivity contribution in [2.24, 2.45) is 0 Å². The molecule has 0 aliphatic heterocycles. The number of hydrogen-bond donors (Lipinski definition) is 1. The third kappa shape index (κ3) is 1.83. The first kappa shape index (κ1) is 8.28. The van der Waals surface area contributed by atoms with Gasteiger partial charge < -0.3 is 5.32 Å². The third-order valence-corrected chi connectivity index (χ3v) is 1.33. The van der Waals surface area contributed by atoms with Gasteiger partial charge >= 0.3 is 0 Å². The van der Waals surface area contributed by atoms with Crippen molar-refractivity contribution in [1.29, 1.82) is 0 Å². The molecule has 3 heteroatoms. The number of allylic oxidation sites excluding steroid dienone is 3. The van der Waals surface area contributed by atoms with E-state index < -0.39 is 0 Å². The minimum absolute atomic E-state index is 0.200. The topological polar surface area (TPSA) is 46.2 Å². The van der Waals surface area contributed by atoms with Crippen LogP contribution >= 0.6 is 0 Å². The normalized spacial score (nSPS) is 15.4. The van der Waals surface area contributed by atoms with Crippen molar-refractivity contribution < 1.29 is 9.59 Å². The Morgan fingerprint density at radius 2 is 2.17 bits per heavy atom. The van der Waals surface area contributed by atoms with Crippen molar-refractivity contribution in [2.45, 2.75) is 0 Å². The number of carbonyl (C=O) groups is 2. The SMILES string of the molecule is C#CCNC1=CC(=O)C=CC1=O. The number of carbonyl (C=O) groups excluding carboxylic acids is 2. The predicted molar refractivity (Wildman–Crippen MR) is 44.1 cm³/mol. The lowest BCUT2D eigenvalue weighted by Gasteiger charge is -2.06. The lowest BCUT2D eigenvalue weighted by Crippen LogP contribution is -2.22. The van der Waals surface area contributed by atoms with Crippen LogP contribution in [-0.4, -0.2) is 18.1 Å². The Morgan fingerprint density at radius 1 is 1.42 bits per heavy atom. The van der Waals surface area contributed by atoms with Gasteiger partial charge in [0.25, 0.3) is 0 Å². The van der Waals surface area contributed by atoms with Crippen molar-refractivity contribution in [1.82, 2.24) is 5.32 Å². The zero-order valence-corrected chi connectivity index (χ0v) is 6.33. The van der Waals surface area contributed by atoms with E-state index in [9.17, 15) is 9.59 Å². The quantitative estimate of drug-likeness (QED) is 0.450. The largest absolute Gasteiger partial charge is 0.371 e. The third-order valence-electron chi connectivity index (χ3n) is 1.33. The van der Waals surface area contributed by atoms with E-state index in [2.05, 4.69) is 11.2 Å². The highest BCUT2D eigenvalue weighted by Crippen LogP contribution is 2.00. The van der Waals surface area contributed by atoms with Gasteiger partial charge in [-0.2, -0.15) is 0 Å². The first-order chi connectivity index (χ1) is 5.74. The van der Waals surface area contributed by atoms with Crippen LogP contribution in [0.25, 0.3) is 0 Å². The summed E-state index contributed by atoms with van der Waals surface area (Å²) < 4.78 is 0. The van der Waals surface area contributed by atoms with Crippen molar-refractivity contribution in [3.63, 3.8) is 0 Å². The van der Waals surface area contributed by atoms with Crippen LogP contribution in [0, 0.1) is 12.3 Å². The number of terminal acetylenes is 1. The Morgan fingerprint density at radius 3 is 2.83 bits per heavy atom. The second-order valence-electron chi connectivity index (χ2n) is 2.22. The minimum Gasteiger partial charge on any atom is -0.371 e. The van der Waals surface area contributed by atoms with Crippen LogP contribution in [0.15, 0.2) is 23.9 Å². The zero-order valence-electron chi connectivity index (χ0n) is 6.33. The Balaban J connectivity index is 2.69. The van der Waals surface area contributed by atoms with Crippen LogP contribution in [0.5, 0.6) is 0 Å². The molecular formula is C9H7NO2. The van der Waals surface area contributed by atoms with Crippen LogP contribution in [0.2, 0.25) is 0 Å². The Labute approximate surface area is 70.1 Å². The lowest BCUT2D eigenvalue weighted by atomic mass is 10.1. The molecule has 0 amide bonds. The molecule has 0 aromatic carbocycles. The number of hydrogen-bond acceptors (Lipinski definition) is 3. The van der Waals surface area contributed by atoms with Gasteiger partial charge in [-0.15, -0.1) is 6.42 Å². The number of rotatable bonds is 2. The maximum atomic E-state index is 11.0. The van der Waals surface area contributed by atoms with Gasteiger partial charge in [-0.1, -0.05) is 5.92 Å². The molecule has 0 saturated heterocycles. The van der Waals surface area contributed by atoms with E-state index in [4.69, 9.17) is 6.42 Å². The van der Waals surface area contributed by atoms with Crippen LogP contribution in [0.1, 0.15) is 0 Å².